The Kier molecular flexibility index (Phi) is 3.97. The molecule has 1 aromatic heterocycles. The maximum absolute atomic E-state index is 12.2. The van der Waals surface area contributed by atoms with E-state index in [-0.39, 0.29) is 17.9 Å². The molecule has 2 rings (SSSR count). The van der Waals surface area contributed by atoms with Crippen molar-refractivity contribution in [2.24, 2.45) is 5.41 Å². The number of nitrogens with zero attached hydrogens (tertiary/aromatic N) is 1. The molecule has 0 saturated carbocycles. The minimum absolute atomic E-state index is 0.00413. The van der Waals surface area contributed by atoms with Crippen LogP contribution in [0.5, 0.6) is 0 Å². The molecule has 0 aromatic carbocycles. The molecule has 100 valence electrons. The largest absolute Gasteiger partial charge is 0.396 e. The highest BCUT2D eigenvalue weighted by atomic mass is 35.5. The highest BCUT2D eigenvalue weighted by Gasteiger charge is 2.34. The van der Waals surface area contributed by atoms with Crippen LogP contribution in [0.15, 0.2) is 12.3 Å². The van der Waals surface area contributed by atoms with Crippen molar-refractivity contribution in [2.75, 3.05) is 19.7 Å². The number of hydrogen-bond donors (Lipinski definition) is 2. The Morgan fingerprint density at radius 1 is 1.56 bits per heavy atom. The number of aliphatic hydroxyl groups excluding tert-OH is 1. The van der Waals surface area contributed by atoms with Crippen molar-refractivity contribution in [3.63, 3.8) is 0 Å². The van der Waals surface area contributed by atoms with E-state index in [0.29, 0.717) is 23.8 Å². The van der Waals surface area contributed by atoms with Gasteiger partial charge >= 0.3 is 0 Å². The number of aliphatic hydroxyl groups is 1. The lowest BCUT2D eigenvalue weighted by atomic mass is 9.77. The van der Waals surface area contributed by atoms with Gasteiger partial charge in [0.1, 0.15) is 5.69 Å². The van der Waals surface area contributed by atoms with E-state index in [4.69, 9.17) is 11.6 Å². The highest BCUT2D eigenvalue weighted by Crippen LogP contribution is 2.34. The van der Waals surface area contributed by atoms with Gasteiger partial charge in [-0.1, -0.05) is 18.5 Å². The molecular formula is C13H19ClN2O2. The molecule has 5 heteroatoms. The lowest BCUT2D eigenvalue weighted by molar-refractivity contribution is 0.0335. The molecule has 1 saturated heterocycles. The minimum atomic E-state index is -0.00968. The fourth-order valence-corrected chi connectivity index (χ4v) is 2.63. The summed E-state index contributed by atoms with van der Waals surface area (Å²) in [5.41, 5.74) is 0.539. The van der Waals surface area contributed by atoms with Crippen LogP contribution in [0.3, 0.4) is 0 Å². The van der Waals surface area contributed by atoms with Crippen molar-refractivity contribution in [3.05, 3.63) is 23.0 Å². The molecule has 0 aliphatic carbocycles. The van der Waals surface area contributed by atoms with Gasteiger partial charge in [-0.3, -0.25) is 4.79 Å². The van der Waals surface area contributed by atoms with Crippen LogP contribution >= 0.6 is 11.6 Å². The first-order chi connectivity index (χ1) is 8.60. The average molecular weight is 271 g/mol. The zero-order valence-electron chi connectivity index (χ0n) is 10.6. The van der Waals surface area contributed by atoms with Gasteiger partial charge in [-0.2, -0.15) is 0 Å². The molecule has 2 N–H and O–H groups in total. The molecule has 1 aliphatic rings. The Morgan fingerprint density at radius 2 is 2.22 bits per heavy atom. The number of aromatic nitrogens is 1. The monoisotopic (exact) mass is 270 g/mol. The molecule has 1 aromatic rings. The summed E-state index contributed by atoms with van der Waals surface area (Å²) in [5, 5.41) is 10.0. The number of rotatable bonds is 3. The van der Waals surface area contributed by atoms with Crippen molar-refractivity contribution in [1.29, 1.82) is 0 Å². The van der Waals surface area contributed by atoms with Crippen LogP contribution in [0.4, 0.5) is 0 Å². The number of hydrogen-bond acceptors (Lipinski definition) is 2. The Labute approximate surface area is 112 Å². The fourth-order valence-electron chi connectivity index (χ4n) is 2.47. The van der Waals surface area contributed by atoms with Crippen molar-refractivity contribution in [2.45, 2.75) is 26.2 Å². The number of carbonyl (C=O) groups is 1. The lowest BCUT2D eigenvalue weighted by Gasteiger charge is -2.40. The fraction of sp³-hybridized carbons (Fsp3) is 0.615. The third kappa shape index (κ3) is 2.54. The number of H-pyrrole nitrogens is 1. The molecule has 1 aliphatic heterocycles. The van der Waals surface area contributed by atoms with Crippen LogP contribution in [0, 0.1) is 5.41 Å². The molecule has 0 atom stereocenters. The van der Waals surface area contributed by atoms with E-state index in [0.717, 1.165) is 19.3 Å². The maximum atomic E-state index is 12.2. The second-order valence-electron chi connectivity index (χ2n) is 5.04. The van der Waals surface area contributed by atoms with Crippen molar-refractivity contribution < 1.29 is 9.90 Å². The van der Waals surface area contributed by atoms with Gasteiger partial charge in [0.25, 0.3) is 5.91 Å². The molecule has 18 heavy (non-hydrogen) atoms. The Bertz CT molecular complexity index is 416. The standard InChI is InChI=1S/C13H19ClN2O2/c1-2-13(9-17)3-5-16(6-4-13)12(18)11-7-10(14)8-15-11/h7-8,15,17H,2-6,9H2,1H3. The quantitative estimate of drug-likeness (QED) is 0.885. The zero-order valence-corrected chi connectivity index (χ0v) is 11.3. The topological polar surface area (TPSA) is 56.3 Å². The van der Waals surface area contributed by atoms with E-state index in [1.54, 1.807) is 12.3 Å². The van der Waals surface area contributed by atoms with Gasteiger partial charge in [-0.15, -0.1) is 0 Å². The van der Waals surface area contributed by atoms with Gasteiger partial charge < -0.3 is 15.0 Å². The number of carbonyl (C=O) groups excluding carboxylic acids is 1. The smallest absolute Gasteiger partial charge is 0.270 e. The number of piperidine rings is 1. The SMILES string of the molecule is CCC1(CO)CCN(C(=O)c2cc(Cl)c[nH]2)CC1. The third-order valence-corrected chi connectivity index (χ3v) is 4.29. The summed E-state index contributed by atoms with van der Waals surface area (Å²) in [6, 6.07) is 1.65. The van der Waals surface area contributed by atoms with Gasteiger partial charge in [0.2, 0.25) is 0 Å². The summed E-state index contributed by atoms with van der Waals surface area (Å²) in [6.07, 6.45) is 4.29. The second kappa shape index (κ2) is 5.33. The molecule has 1 fully saturated rings. The number of aromatic amines is 1. The predicted octanol–water partition coefficient (Wildman–Crippen LogP) is 2.29. The van der Waals surface area contributed by atoms with E-state index < -0.39 is 0 Å². The molecule has 4 nitrogen and oxygen atoms in total. The summed E-state index contributed by atoms with van der Waals surface area (Å²) in [7, 11) is 0. The van der Waals surface area contributed by atoms with Gasteiger partial charge in [0, 0.05) is 25.9 Å². The Hall–Kier alpha value is -1.00. The molecule has 0 spiro atoms. The molecule has 1 amide bonds. The van der Waals surface area contributed by atoms with E-state index in [9.17, 15) is 9.90 Å². The molecular weight excluding hydrogens is 252 g/mol. The third-order valence-electron chi connectivity index (χ3n) is 4.07. The summed E-state index contributed by atoms with van der Waals surface area (Å²) < 4.78 is 0. The molecule has 0 radical (unpaired) electrons. The van der Waals surface area contributed by atoms with Gasteiger partial charge in [0.15, 0.2) is 0 Å². The van der Waals surface area contributed by atoms with Gasteiger partial charge in [-0.25, -0.2) is 0 Å². The van der Waals surface area contributed by atoms with Crippen LogP contribution in [0.2, 0.25) is 5.02 Å². The van der Waals surface area contributed by atoms with E-state index in [2.05, 4.69) is 11.9 Å². The van der Waals surface area contributed by atoms with Gasteiger partial charge in [-0.05, 0) is 30.7 Å². The lowest BCUT2D eigenvalue weighted by Crippen LogP contribution is -2.44. The molecule has 2 heterocycles. The summed E-state index contributed by atoms with van der Waals surface area (Å²) >= 11 is 5.80. The van der Waals surface area contributed by atoms with Crippen LogP contribution in [0.25, 0.3) is 0 Å². The Morgan fingerprint density at radius 3 is 2.67 bits per heavy atom. The zero-order chi connectivity index (χ0) is 13.2. The van der Waals surface area contributed by atoms with Crippen LogP contribution in [-0.4, -0.2) is 40.6 Å². The number of nitrogens with one attached hydrogen (secondary N) is 1. The first-order valence-electron chi connectivity index (χ1n) is 6.34. The number of halogens is 1. The van der Waals surface area contributed by atoms with Crippen LogP contribution in [-0.2, 0) is 0 Å². The van der Waals surface area contributed by atoms with Crippen molar-refractivity contribution in [1.82, 2.24) is 9.88 Å². The Balaban J connectivity index is 1.99. The molecule has 0 bridgehead atoms. The second-order valence-corrected chi connectivity index (χ2v) is 5.47. The van der Waals surface area contributed by atoms with E-state index in [1.807, 2.05) is 4.90 Å². The number of likely N-dealkylation sites (tertiary alicyclic amines) is 1. The normalized spacial score (nSPS) is 18.9. The van der Waals surface area contributed by atoms with E-state index >= 15 is 0 Å². The number of amides is 1. The van der Waals surface area contributed by atoms with E-state index in [1.165, 1.54) is 0 Å². The maximum Gasteiger partial charge on any atom is 0.270 e. The highest BCUT2D eigenvalue weighted by molar-refractivity contribution is 6.30. The van der Waals surface area contributed by atoms with Crippen molar-refractivity contribution in [3.8, 4) is 0 Å². The first kappa shape index (κ1) is 13.4. The summed E-state index contributed by atoms with van der Waals surface area (Å²) in [4.78, 5) is 16.9. The first-order valence-corrected chi connectivity index (χ1v) is 6.72. The van der Waals surface area contributed by atoms with Gasteiger partial charge in [0.05, 0.1) is 5.02 Å². The summed E-state index contributed by atoms with van der Waals surface area (Å²) in [6.45, 7) is 3.70. The van der Waals surface area contributed by atoms with Crippen LogP contribution in [0.1, 0.15) is 36.7 Å². The van der Waals surface area contributed by atoms with Crippen molar-refractivity contribution >= 4 is 17.5 Å². The summed E-state index contributed by atoms with van der Waals surface area (Å²) in [5.74, 6) is -0.00968. The minimum Gasteiger partial charge on any atom is -0.396 e. The molecule has 0 unspecified atom stereocenters. The average Bonchev–Trinajstić information content (AvgIpc) is 2.85. The predicted molar refractivity (Wildman–Crippen MR) is 70.8 cm³/mol. The van der Waals surface area contributed by atoms with Crippen LogP contribution < -0.4 is 0 Å².